The van der Waals surface area contributed by atoms with Gasteiger partial charge in [-0.2, -0.15) is 0 Å². The fourth-order valence-electron chi connectivity index (χ4n) is 4.12. The predicted molar refractivity (Wildman–Crippen MR) is 62.8 cm³/mol. The van der Waals surface area contributed by atoms with Gasteiger partial charge < -0.3 is 0 Å². The van der Waals surface area contributed by atoms with Crippen molar-refractivity contribution in [3.05, 3.63) is 0 Å². The molecule has 0 amide bonds. The van der Waals surface area contributed by atoms with Crippen LogP contribution in [0.4, 0.5) is 0 Å². The molecular weight excluding hydrogens is 184 g/mol. The van der Waals surface area contributed by atoms with Gasteiger partial charge in [-0.25, -0.2) is 0 Å². The van der Waals surface area contributed by atoms with Crippen molar-refractivity contribution in [1.29, 1.82) is 0 Å². The van der Waals surface area contributed by atoms with Crippen LogP contribution < -0.4 is 0 Å². The smallest absolute Gasteiger partial charge is 0.0627 e. The molecule has 2 heteroatoms. The molecule has 0 saturated carbocycles. The number of hydrogen-bond donors (Lipinski definition) is 0. The normalized spacial score (nSPS) is 41.8. The van der Waals surface area contributed by atoms with E-state index in [1.807, 2.05) is 0 Å². The van der Waals surface area contributed by atoms with Crippen molar-refractivity contribution in [2.75, 3.05) is 13.1 Å². The Morgan fingerprint density at radius 3 is 2.73 bits per heavy atom. The van der Waals surface area contributed by atoms with Crippen LogP contribution in [0.5, 0.6) is 0 Å². The van der Waals surface area contributed by atoms with Crippen molar-refractivity contribution in [2.24, 2.45) is 0 Å². The third-order valence-electron chi connectivity index (χ3n) is 4.70. The standard InChI is InChI=1S/C13H24N2/c1-2-5-11-10-12-6-3-8-15(12)13-7-4-9-14(11)13/h11-13H,2-10H2,1H3/t11-,12-,13-/m1/s1. The third kappa shape index (κ3) is 1.62. The first kappa shape index (κ1) is 10.1. The van der Waals surface area contributed by atoms with Gasteiger partial charge in [0, 0.05) is 18.6 Å². The van der Waals surface area contributed by atoms with E-state index in [1.54, 1.807) is 0 Å². The van der Waals surface area contributed by atoms with Gasteiger partial charge in [0.25, 0.3) is 0 Å². The molecule has 0 spiro atoms. The van der Waals surface area contributed by atoms with Crippen LogP contribution in [0.3, 0.4) is 0 Å². The van der Waals surface area contributed by atoms with Gasteiger partial charge in [0.1, 0.15) is 0 Å². The topological polar surface area (TPSA) is 6.48 Å². The van der Waals surface area contributed by atoms with E-state index >= 15 is 0 Å². The summed E-state index contributed by atoms with van der Waals surface area (Å²) in [5, 5.41) is 0. The maximum absolute atomic E-state index is 2.82. The Morgan fingerprint density at radius 2 is 1.87 bits per heavy atom. The molecule has 0 radical (unpaired) electrons. The summed E-state index contributed by atoms with van der Waals surface area (Å²) in [6.45, 7) is 5.09. The van der Waals surface area contributed by atoms with Crippen LogP contribution in [0, 0.1) is 0 Å². The summed E-state index contributed by atoms with van der Waals surface area (Å²) in [4.78, 5) is 5.64. The van der Waals surface area contributed by atoms with Crippen LogP contribution in [0.2, 0.25) is 0 Å². The molecule has 0 aliphatic carbocycles. The van der Waals surface area contributed by atoms with E-state index in [0.29, 0.717) is 0 Å². The zero-order valence-electron chi connectivity index (χ0n) is 9.99. The lowest BCUT2D eigenvalue weighted by molar-refractivity contribution is -0.0251. The Balaban J connectivity index is 1.77. The van der Waals surface area contributed by atoms with Crippen molar-refractivity contribution >= 4 is 0 Å². The first-order valence-electron chi connectivity index (χ1n) is 6.91. The second-order valence-corrected chi connectivity index (χ2v) is 5.57. The molecule has 2 nitrogen and oxygen atoms in total. The predicted octanol–water partition coefficient (Wildman–Crippen LogP) is 2.45. The van der Waals surface area contributed by atoms with E-state index in [9.17, 15) is 0 Å². The summed E-state index contributed by atoms with van der Waals surface area (Å²) in [6.07, 6.45) is 10.9. The molecule has 3 atom stereocenters. The minimum Gasteiger partial charge on any atom is -0.285 e. The third-order valence-corrected chi connectivity index (χ3v) is 4.70. The Morgan fingerprint density at radius 1 is 1.07 bits per heavy atom. The second-order valence-electron chi connectivity index (χ2n) is 5.57. The summed E-state index contributed by atoms with van der Waals surface area (Å²) in [5.41, 5.74) is 0. The molecule has 0 aromatic heterocycles. The lowest BCUT2D eigenvalue weighted by Gasteiger charge is -2.47. The Labute approximate surface area is 93.6 Å². The van der Waals surface area contributed by atoms with E-state index in [4.69, 9.17) is 0 Å². The van der Waals surface area contributed by atoms with Crippen molar-refractivity contribution < 1.29 is 0 Å². The molecule has 3 fully saturated rings. The quantitative estimate of drug-likeness (QED) is 0.688. The zero-order chi connectivity index (χ0) is 10.3. The largest absolute Gasteiger partial charge is 0.285 e. The molecule has 3 aliphatic rings. The lowest BCUT2D eigenvalue weighted by Crippen LogP contribution is -2.57. The van der Waals surface area contributed by atoms with E-state index < -0.39 is 0 Å². The SMILES string of the molecule is CCC[C@@H]1C[C@H]2CCCN2[C@@H]2CCCN12. The summed E-state index contributed by atoms with van der Waals surface area (Å²) >= 11 is 0. The highest BCUT2D eigenvalue weighted by Crippen LogP contribution is 2.38. The van der Waals surface area contributed by atoms with Gasteiger partial charge in [-0.05, 0) is 45.1 Å². The van der Waals surface area contributed by atoms with E-state index in [2.05, 4.69) is 16.7 Å². The molecule has 15 heavy (non-hydrogen) atoms. The van der Waals surface area contributed by atoms with Gasteiger partial charge in [-0.15, -0.1) is 0 Å². The molecule has 3 aliphatic heterocycles. The number of rotatable bonds is 2. The Bertz CT molecular complexity index is 229. The molecule has 86 valence electrons. The molecule has 3 heterocycles. The fraction of sp³-hybridized carbons (Fsp3) is 1.00. The van der Waals surface area contributed by atoms with Gasteiger partial charge in [-0.1, -0.05) is 13.3 Å². The molecule has 0 aromatic rings. The summed E-state index contributed by atoms with van der Waals surface area (Å²) < 4.78 is 0. The molecular formula is C13H24N2. The minimum atomic E-state index is 0.836. The van der Waals surface area contributed by atoms with Gasteiger partial charge in [-0.3, -0.25) is 9.80 Å². The van der Waals surface area contributed by atoms with Crippen LogP contribution in [0.1, 0.15) is 51.9 Å². The van der Waals surface area contributed by atoms with Crippen LogP contribution in [0.25, 0.3) is 0 Å². The Kier molecular flexibility index (Phi) is 2.73. The maximum Gasteiger partial charge on any atom is 0.0627 e. The van der Waals surface area contributed by atoms with Crippen LogP contribution in [0.15, 0.2) is 0 Å². The lowest BCUT2D eigenvalue weighted by atomic mass is 9.96. The van der Waals surface area contributed by atoms with Crippen LogP contribution in [-0.4, -0.2) is 41.1 Å². The Hall–Kier alpha value is -0.0800. The zero-order valence-corrected chi connectivity index (χ0v) is 9.99. The highest BCUT2D eigenvalue weighted by Gasteiger charge is 2.44. The number of nitrogens with zero attached hydrogens (tertiary/aromatic N) is 2. The van der Waals surface area contributed by atoms with Crippen molar-refractivity contribution in [3.8, 4) is 0 Å². The van der Waals surface area contributed by atoms with Crippen LogP contribution in [-0.2, 0) is 0 Å². The summed E-state index contributed by atoms with van der Waals surface area (Å²) in [5.74, 6) is 0. The van der Waals surface area contributed by atoms with Crippen molar-refractivity contribution in [3.63, 3.8) is 0 Å². The monoisotopic (exact) mass is 208 g/mol. The molecule has 0 unspecified atom stereocenters. The van der Waals surface area contributed by atoms with E-state index in [-0.39, 0.29) is 0 Å². The number of hydrogen-bond acceptors (Lipinski definition) is 2. The first-order chi connectivity index (χ1) is 7.40. The molecule has 0 aromatic carbocycles. The van der Waals surface area contributed by atoms with Crippen molar-refractivity contribution in [2.45, 2.75) is 70.1 Å². The molecule has 0 bridgehead atoms. The van der Waals surface area contributed by atoms with Crippen LogP contribution >= 0.6 is 0 Å². The van der Waals surface area contributed by atoms with Gasteiger partial charge >= 0.3 is 0 Å². The van der Waals surface area contributed by atoms with Gasteiger partial charge in [0.2, 0.25) is 0 Å². The average Bonchev–Trinajstić information content (AvgIpc) is 2.84. The first-order valence-corrected chi connectivity index (χ1v) is 6.91. The molecule has 3 rings (SSSR count). The summed E-state index contributed by atoms with van der Waals surface area (Å²) in [6, 6.07) is 1.86. The second kappa shape index (κ2) is 4.06. The maximum atomic E-state index is 2.82. The number of fused-ring (bicyclic) bond motifs is 3. The average molecular weight is 208 g/mol. The highest BCUT2D eigenvalue weighted by atomic mass is 15.4. The van der Waals surface area contributed by atoms with Crippen molar-refractivity contribution in [1.82, 2.24) is 9.80 Å². The van der Waals surface area contributed by atoms with Gasteiger partial charge in [0.05, 0.1) is 6.17 Å². The van der Waals surface area contributed by atoms with E-state index in [1.165, 1.54) is 58.0 Å². The fourth-order valence-corrected chi connectivity index (χ4v) is 4.12. The summed E-state index contributed by atoms with van der Waals surface area (Å²) in [7, 11) is 0. The van der Waals surface area contributed by atoms with Gasteiger partial charge in [0.15, 0.2) is 0 Å². The molecule has 3 saturated heterocycles. The molecule has 0 N–H and O–H groups in total. The van der Waals surface area contributed by atoms with E-state index in [0.717, 1.165) is 18.2 Å². The highest BCUT2D eigenvalue weighted by molar-refractivity contribution is 4.97. The minimum absolute atomic E-state index is 0.836.